The first kappa shape index (κ1) is 13.5. The molecule has 1 heterocycles. The Kier molecular flexibility index (Phi) is 4.46. The van der Waals surface area contributed by atoms with Crippen molar-refractivity contribution in [3.8, 4) is 17.2 Å². The number of carbonyl (C=O) groups is 1. The van der Waals surface area contributed by atoms with Gasteiger partial charge < -0.3 is 24.1 Å². The molecule has 0 fully saturated rings. The summed E-state index contributed by atoms with van der Waals surface area (Å²) >= 11 is 0. The zero-order chi connectivity index (χ0) is 13.7. The van der Waals surface area contributed by atoms with Crippen molar-refractivity contribution in [2.75, 3.05) is 27.1 Å². The maximum atomic E-state index is 11.2. The number of hydrogen-bond acceptors (Lipinski definition) is 5. The zero-order valence-electron chi connectivity index (χ0n) is 10.7. The number of methoxy groups -OCH3 is 1. The fourth-order valence-corrected chi connectivity index (χ4v) is 1.74. The van der Waals surface area contributed by atoms with Crippen molar-refractivity contribution in [2.45, 2.75) is 12.8 Å². The highest BCUT2D eigenvalue weighted by molar-refractivity contribution is 5.92. The number of fused-ring (bicyclic) bond motifs is 1. The van der Waals surface area contributed by atoms with Crippen molar-refractivity contribution in [1.82, 2.24) is 0 Å². The molecule has 0 amide bonds. The van der Waals surface area contributed by atoms with Crippen molar-refractivity contribution in [2.24, 2.45) is 0 Å². The molecule has 1 aliphatic rings. The van der Waals surface area contributed by atoms with Gasteiger partial charge in [0.1, 0.15) is 11.3 Å². The highest BCUT2D eigenvalue weighted by Crippen LogP contribution is 2.38. The topological polar surface area (TPSA) is 74.2 Å². The summed E-state index contributed by atoms with van der Waals surface area (Å²) in [5.74, 6) is 0.195. The quantitative estimate of drug-likeness (QED) is 0.761. The number of carboxylic acid groups (broad SMARTS) is 1. The van der Waals surface area contributed by atoms with Crippen LogP contribution in [0.4, 0.5) is 0 Å². The molecule has 0 bridgehead atoms. The Morgan fingerprint density at radius 1 is 1.26 bits per heavy atom. The molecule has 0 aromatic heterocycles. The van der Waals surface area contributed by atoms with E-state index in [0.717, 1.165) is 12.8 Å². The molecule has 0 aliphatic carbocycles. The minimum Gasteiger partial charge on any atom is -0.493 e. The van der Waals surface area contributed by atoms with Crippen molar-refractivity contribution in [1.29, 1.82) is 0 Å². The summed E-state index contributed by atoms with van der Waals surface area (Å²) in [6.45, 7) is 1.20. The Balaban J connectivity index is 2.03. The van der Waals surface area contributed by atoms with Crippen LogP contribution in [0.5, 0.6) is 17.2 Å². The number of rotatable bonds is 7. The summed E-state index contributed by atoms with van der Waals surface area (Å²) in [5, 5.41) is 9.14. The van der Waals surface area contributed by atoms with Crippen LogP contribution in [0.25, 0.3) is 0 Å². The third-order valence-electron chi connectivity index (χ3n) is 2.71. The average molecular weight is 268 g/mol. The fraction of sp³-hybridized carbons (Fsp3) is 0.462. The molecule has 0 atom stereocenters. The summed E-state index contributed by atoms with van der Waals surface area (Å²) in [5.41, 5.74) is 0.0796. The number of hydrogen-bond donors (Lipinski definition) is 1. The largest absolute Gasteiger partial charge is 0.493 e. The van der Waals surface area contributed by atoms with Crippen LogP contribution >= 0.6 is 0 Å². The Morgan fingerprint density at radius 3 is 2.63 bits per heavy atom. The Hall–Kier alpha value is -1.95. The number of unbranched alkanes of at least 4 members (excludes halogenated alkanes) is 1. The van der Waals surface area contributed by atoms with Gasteiger partial charge in [0.05, 0.1) is 6.61 Å². The average Bonchev–Trinajstić information content (AvgIpc) is 2.84. The van der Waals surface area contributed by atoms with Gasteiger partial charge in [-0.2, -0.15) is 0 Å². The van der Waals surface area contributed by atoms with Crippen LogP contribution in [0, 0.1) is 0 Å². The second kappa shape index (κ2) is 6.29. The lowest BCUT2D eigenvalue weighted by Crippen LogP contribution is -2.05. The lowest BCUT2D eigenvalue weighted by molar-refractivity contribution is 0.0691. The minimum absolute atomic E-state index is 0.0796. The second-order valence-electron chi connectivity index (χ2n) is 4.06. The van der Waals surface area contributed by atoms with Gasteiger partial charge in [-0.3, -0.25) is 0 Å². The molecule has 1 aliphatic heterocycles. The summed E-state index contributed by atoms with van der Waals surface area (Å²) in [6.07, 6.45) is 1.66. The van der Waals surface area contributed by atoms with Crippen LogP contribution < -0.4 is 14.2 Å². The number of carboxylic acids is 1. The van der Waals surface area contributed by atoms with E-state index < -0.39 is 5.97 Å². The Bertz CT molecular complexity index is 457. The molecule has 0 spiro atoms. The predicted molar refractivity (Wildman–Crippen MR) is 66.1 cm³/mol. The van der Waals surface area contributed by atoms with Gasteiger partial charge in [0.25, 0.3) is 0 Å². The van der Waals surface area contributed by atoms with E-state index >= 15 is 0 Å². The van der Waals surface area contributed by atoms with E-state index in [0.29, 0.717) is 30.5 Å². The molecule has 6 nitrogen and oxygen atoms in total. The SMILES string of the molecule is COCCCCOc1cc2c(cc1C(=O)O)OCO2. The van der Waals surface area contributed by atoms with Gasteiger partial charge in [-0.15, -0.1) is 0 Å². The van der Waals surface area contributed by atoms with Gasteiger partial charge in [0.2, 0.25) is 6.79 Å². The third-order valence-corrected chi connectivity index (χ3v) is 2.71. The van der Waals surface area contributed by atoms with Gasteiger partial charge in [0.15, 0.2) is 11.5 Å². The molecule has 1 N–H and O–H groups in total. The van der Waals surface area contributed by atoms with Gasteiger partial charge in [-0.05, 0) is 12.8 Å². The molecule has 104 valence electrons. The van der Waals surface area contributed by atoms with Crippen LogP contribution in [-0.4, -0.2) is 38.2 Å². The molecule has 0 saturated heterocycles. The molecule has 0 unspecified atom stereocenters. The molecule has 6 heteroatoms. The number of benzene rings is 1. The highest BCUT2D eigenvalue weighted by atomic mass is 16.7. The second-order valence-corrected chi connectivity index (χ2v) is 4.06. The van der Waals surface area contributed by atoms with Crippen LogP contribution in [0.2, 0.25) is 0 Å². The zero-order valence-corrected chi connectivity index (χ0v) is 10.7. The van der Waals surface area contributed by atoms with E-state index in [1.807, 2.05) is 0 Å². The summed E-state index contributed by atoms with van der Waals surface area (Å²) in [4.78, 5) is 11.2. The predicted octanol–water partition coefficient (Wildman–Crippen LogP) is 1.92. The van der Waals surface area contributed by atoms with E-state index in [4.69, 9.17) is 24.1 Å². The third kappa shape index (κ3) is 3.29. The molecule has 2 rings (SSSR count). The monoisotopic (exact) mass is 268 g/mol. The van der Waals surface area contributed by atoms with Crippen molar-refractivity contribution >= 4 is 5.97 Å². The Morgan fingerprint density at radius 2 is 1.95 bits per heavy atom. The first-order valence-electron chi connectivity index (χ1n) is 6.01. The molecule has 0 radical (unpaired) electrons. The standard InChI is InChI=1S/C13H16O6/c1-16-4-2-3-5-17-10-7-12-11(18-8-19-12)6-9(10)13(14)15/h6-7H,2-5,8H2,1H3,(H,14,15). The van der Waals surface area contributed by atoms with Crippen LogP contribution in [0.3, 0.4) is 0 Å². The van der Waals surface area contributed by atoms with E-state index in [9.17, 15) is 4.79 Å². The minimum atomic E-state index is -1.05. The smallest absolute Gasteiger partial charge is 0.339 e. The maximum absolute atomic E-state index is 11.2. The number of aromatic carboxylic acids is 1. The van der Waals surface area contributed by atoms with Crippen molar-refractivity contribution in [3.05, 3.63) is 17.7 Å². The number of ether oxygens (including phenoxy) is 4. The van der Waals surface area contributed by atoms with Gasteiger partial charge in [0, 0.05) is 25.8 Å². The van der Waals surface area contributed by atoms with Crippen molar-refractivity contribution < 1.29 is 28.8 Å². The van der Waals surface area contributed by atoms with Gasteiger partial charge in [-0.25, -0.2) is 4.79 Å². The molecular weight excluding hydrogens is 252 g/mol. The van der Waals surface area contributed by atoms with Crippen LogP contribution in [0.1, 0.15) is 23.2 Å². The Labute approximate surface area is 110 Å². The summed E-state index contributed by atoms with van der Waals surface area (Å²) in [7, 11) is 1.64. The normalized spacial score (nSPS) is 12.5. The lowest BCUT2D eigenvalue weighted by Gasteiger charge is -2.10. The molecule has 19 heavy (non-hydrogen) atoms. The molecule has 0 saturated carbocycles. The van der Waals surface area contributed by atoms with Gasteiger partial charge in [-0.1, -0.05) is 0 Å². The lowest BCUT2D eigenvalue weighted by atomic mass is 10.2. The first-order chi connectivity index (χ1) is 9.22. The first-order valence-corrected chi connectivity index (χ1v) is 6.01. The summed E-state index contributed by atoms with van der Waals surface area (Å²) < 4.78 is 20.8. The van der Waals surface area contributed by atoms with E-state index in [2.05, 4.69) is 0 Å². The summed E-state index contributed by atoms with van der Waals surface area (Å²) in [6, 6.07) is 2.98. The van der Waals surface area contributed by atoms with Crippen LogP contribution in [-0.2, 0) is 4.74 Å². The maximum Gasteiger partial charge on any atom is 0.339 e. The van der Waals surface area contributed by atoms with E-state index in [-0.39, 0.29) is 12.4 Å². The van der Waals surface area contributed by atoms with Gasteiger partial charge >= 0.3 is 5.97 Å². The molecular formula is C13H16O6. The van der Waals surface area contributed by atoms with Crippen LogP contribution in [0.15, 0.2) is 12.1 Å². The van der Waals surface area contributed by atoms with Crippen molar-refractivity contribution in [3.63, 3.8) is 0 Å². The van der Waals surface area contributed by atoms with E-state index in [1.165, 1.54) is 6.07 Å². The molecule has 1 aromatic carbocycles. The fourth-order valence-electron chi connectivity index (χ4n) is 1.74. The van der Waals surface area contributed by atoms with E-state index in [1.54, 1.807) is 13.2 Å². The molecule has 1 aromatic rings. The highest BCUT2D eigenvalue weighted by Gasteiger charge is 2.21.